The Kier molecular flexibility index (Phi) is 4.26. The predicted octanol–water partition coefficient (Wildman–Crippen LogP) is 6.05. The van der Waals surface area contributed by atoms with Crippen LogP contribution in [0.2, 0.25) is 0 Å². The molecular weight excluding hydrogens is 300 g/mol. The van der Waals surface area contributed by atoms with Crippen molar-refractivity contribution in [3.05, 3.63) is 58.7 Å². The van der Waals surface area contributed by atoms with Crippen LogP contribution < -0.4 is 0 Å². The summed E-state index contributed by atoms with van der Waals surface area (Å²) in [5, 5.41) is 0. The normalized spacial score (nSPS) is 12.4. The molecule has 0 saturated heterocycles. The molecule has 0 N–H and O–H groups in total. The van der Waals surface area contributed by atoms with Gasteiger partial charge in [-0.2, -0.15) is 0 Å². The summed E-state index contributed by atoms with van der Waals surface area (Å²) in [4.78, 5) is 0. The maximum Gasteiger partial charge on any atom is 0.0248 e. The van der Waals surface area contributed by atoms with Gasteiger partial charge in [-0.25, -0.2) is 0 Å². The summed E-state index contributed by atoms with van der Waals surface area (Å²) < 4.78 is 0. The summed E-state index contributed by atoms with van der Waals surface area (Å²) in [6, 6.07) is 13.2. The molecule has 0 saturated carbocycles. The van der Waals surface area contributed by atoms with Crippen LogP contribution in [0.15, 0.2) is 36.4 Å². The van der Waals surface area contributed by atoms with Gasteiger partial charge in [0.2, 0.25) is 0 Å². The molecule has 0 heteroatoms. The molecule has 1 aliphatic rings. The number of fused-ring (bicyclic) bond motifs is 3. The van der Waals surface area contributed by atoms with Gasteiger partial charge < -0.3 is 0 Å². The highest BCUT2D eigenvalue weighted by Crippen LogP contribution is 2.37. The number of benzene rings is 2. The molecule has 0 heterocycles. The average Bonchev–Trinajstić information content (AvgIpc) is 2.86. The van der Waals surface area contributed by atoms with E-state index in [1.807, 2.05) is 0 Å². The Balaban J connectivity index is 1.91. The van der Waals surface area contributed by atoms with Crippen molar-refractivity contribution in [2.45, 2.75) is 48.0 Å². The predicted molar refractivity (Wildman–Crippen MR) is 107 cm³/mol. The van der Waals surface area contributed by atoms with E-state index in [0.717, 1.165) is 17.5 Å². The van der Waals surface area contributed by atoms with E-state index in [4.69, 9.17) is 0 Å². The average molecular weight is 326 g/mol. The summed E-state index contributed by atoms with van der Waals surface area (Å²) in [5.41, 5.74) is 7.69. The van der Waals surface area contributed by atoms with Gasteiger partial charge in [0.15, 0.2) is 0 Å². The van der Waals surface area contributed by atoms with E-state index >= 15 is 0 Å². The van der Waals surface area contributed by atoms with Crippen molar-refractivity contribution < 1.29 is 0 Å². The van der Waals surface area contributed by atoms with Crippen molar-refractivity contribution >= 4 is 0 Å². The molecule has 2 aromatic carbocycles. The molecule has 25 heavy (non-hydrogen) atoms. The van der Waals surface area contributed by atoms with E-state index in [1.54, 1.807) is 0 Å². The Morgan fingerprint density at radius 3 is 1.40 bits per heavy atom. The fourth-order valence-electron chi connectivity index (χ4n) is 2.89. The second-order valence-electron chi connectivity index (χ2n) is 8.92. The molecule has 0 atom stereocenters. The lowest BCUT2D eigenvalue weighted by molar-refractivity contribution is 0.570. The van der Waals surface area contributed by atoms with Crippen LogP contribution in [0.1, 0.15) is 63.8 Å². The summed E-state index contributed by atoms with van der Waals surface area (Å²) >= 11 is 0. The van der Waals surface area contributed by atoms with Gasteiger partial charge in [-0.15, -0.1) is 0 Å². The summed E-state index contributed by atoms with van der Waals surface area (Å²) in [7, 11) is 0. The van der Waals surface area contributed by atoms with Gasteiger partial charge in [-0.05, 0) is 94.5 Å². The molecule has 0 unspecified atom stereocenters. The third-order valence-electron chi connectivity index (χ3n) is 4.05. The molecule has 0 amide bonds. The molecule has 126 valence electrons. The highest BCUT2D eigenvalue weighted by Gasteiger charge is 2.18. The standard InChI is InChI=1S/C25H26/c1-24(2,3)13-11-18-7-9-22-20(15-18)17-21-16-19(8-10-23(21)22)12-14-25(4,5)6/h7-10,15-16H,17H2,1-6H3. The Morgan fingerprint density at radius 2 is 1.04 bits per heavy atom. The molecule has 0 fully saturated rings. The molecule has 3 rings (SSSR count). The Bertz CT molecular complexity index is 856. The Hall–Kier alpha value is -2.44. The zero-order valence-corrected chi connectivity index (χ0v) is 16.2. The third kappa shape index (κ3) is 4.35. The maximum atomic E-state index is 3.32. The monoisotopic (exact) mass is 326 g/mol. The molecule has 0 nitrogen and oxygen atoms in total. The van der Waals surface area contributed by atoms with Crippen molar-refractivity contribution in [1.29, 1.82) is 0 Å². The number of hydrogen-bond acceptors (Lipinski definition) is 0. The third-order valence-corrected chi connectivity index (χ3v) is 4.05. The van der Waals surface area contributed by atoms with Gasteiger partial charge in [0, 0.05) is 22.0 Å². The first-order valence-electron chi connectivity index (χ1n) is 8.93. The molecule has 0 radical (unpaired) electrons. The Morgan fingerprint density at radius 1 is 0.640 bits per heavy atom. The van der Waals surface area contributed by atoms with Gasteiger partial charge >= 0.3 is 0 Å². The van der Waals surface area contributed by atoms with Crippen LogP contribution in [-0.4, -0.2) is 0 Å². The van der Waals surface area contributed by atoms with E-state index in [2.05, 4.69) is 102 Å². The minimum Gasteiger partial charge on any atom is -0.0920 e. The first-order chi connectivity index (χ1) is 11.6. The zero-order chi connectivity index (χ0) is 18.2. The highest BCUT2D eigenvalue weighted by molar-refractivity contribution is 5.78. The summed E-state index contributed by atoms with van der Waals surface area (Å²) in [5.74, 6) is 13.3. The van der Waals surface area contributed by atoms with Gasteiger partial charge in [-0.1, -0.05) is 35.8 Å². The molecular formula is C25H26. The van der Waals surface area contributed by atoms with Gasteiger partial charge in [0.25, 0.3) is 0 Å². The second-order valence-corrected chi connectivity index (χ2v) is 8.92. The molecule has 0 spiro atoms. The topological polar surface area (TPSA) is 0 Å². The molecule has 2 aromatic rings. The van der Waals surface area contributed by atoms with Crippen LogP contribution >= 0.6 is 0 Å². The van der Waals surface area contributed by atoms with Crippen LogP contribution in [-0.2, 0) is 6.42 Å². The maximum absolute atomic E-state index is 3.32. The van der Waals surface area contributed by atoms with E-state index in [0.29, 0.717) is 0 Å². The largest absolute Gasteiger partial charge is 0.0920 e. The molecule has 1 aliphatic carbocycles. The van der Waals surface area contributed by atoms with Crippen LogP contribution in [0.5, 0.6) is 0 Å². The molecule has 0 aliphatic heterocycles. The minimum absolute atomic E-state index is 0.0304. The SMILES string of the molecule is CC(C)(C)C#Cc1ccc2c(c1)Cc1cc(C#CC(C)(C)C)ccc1-2. The van der Waals surface area contributed by atoms with Crippen molar-refractivity contribution in [3.8, 4) is 34.8 Å². The van der Waals surface area contributed by atoms with Crippen molar-refractivity contribution in [1.82, 2.24) is 0 Å². The lowest BCUT2D eigenvalue weighted by atomic mass is 9.96. The van der Waals surface area contributed by atoms with E-state index in [-0.39, 0.29) is 10.8 Å². The van der Waals surface area contributed by atoms with Crippen LogP contribution in [0.25, 0.3) is 11.1 Å². The van der Waals surface area contributed by atoms with Crippen LogP contribution in [0.3, 0.4) is 0 Å². The lowest BCUT2D eigenvalue weighted by Crippen LogP contribution is -1.99. The van der Waals surface area contributed by atoms with Crippen molar-refractivity contribution in [2.24, 2.45) is 10.8 Å². The van der Waals surface area contributed by atoms with Gasteiger partial charge in [0.05, 0.1) is 0 Å². The minimum atomic E-state index is 0.0304. The van der Waals surface area contributed by atoms with Crippen LogP contribution in [0, 0.1) is 34.5 Å². The van der Waals surface area contributed by atoms with Gasteiger partial charge in [-0.3, -0.25) is 0 Å². The smallest absolute Gasteiger partial charge is 0.0248 e. The molecule has 0 bridgehead atoms. The van der Waals surface area contributed by atoms with Crippen molar-refractivity contribution in [3.63, 3.8) is 0 Å². The zero-order valence-electron chi connectivity index (χ0n) is 16.2. The fraction of sp³-hybridized carbons (Fsp3) is 0.360. The first kappa shape index (κ1) is 17.4. The fourth-order valence-corrected chi connectivity index (χ4v) is 2.89. The quantitative estimate of drug-likeness (QED) is 0.441. The van der Waals surface area contributed by atoms with Crippen molar-refractivity contribution in [2.75, 3.05) is 0 Å². The summed E-state index contributed by atoms with van der Waals surface area (Å²) in [6.45, 7) is 12.9. The highest BCUT2D eigenvalue weighted by atomic mass is 14.2. The second kappa shape index (κ2) is 6.13. The lowest BCUT2D eigenvalue weighted by Gasteiger charge is -2.07. The van der Waals surface area contributed by atoms with E-state index < -0.39 is 0 Å². The van der Waals surface area contributed by atoms with E-state index in [9.17, 15) is 0 Å². The number of rotatable bonds is 0. The van der Waals surface area contributed by atoms with Gasteiger partial charge in [0.1, 0.15) is 0 Å². The molecule has 0 aromatic heterocycles. The number of hydrogen-bond donors (Lipinski definition) is 0. The van der Waals surface area contributed by atoms with Crippen LogP contribution in [0.4, 0.5) is 0 Å². The summed E-state index contributed by atoms with van der Waals surface area (Å²) in [6.07, 6.45) is 0.973. The van der Waals surface area contributed by atoms with E-state index in [1.165, 1.54) is 22.3 Å². The first-order valence-corrected chi connectivity index (χ1v) is 8.93. The Labute approximate surface area is 152 Å².